The van der Waals surface area contributed by atoms with Crippen LogP contribution >= 0.6 is 0 Å². The van der Waals surface area contributed by atoms with Crippen LogP contribution in [0.1, 0.15) is 17.3 Å². The molecule has 282 valence electrons. The van der Waals surface area contributed by atoms with Crippen molar-refractivity contribution in [3.8, 4) is 61.9 Å². The van der Waals surface area contributed by atoms with Crippen LogP contribution in [0.2, 0.25) is 0 Å². The van der Waals surface area contributed by atoms with Gasteiger partial charge in [0.25, 0.3) is 0 Å². The summed E-state index contributed by atoms with van der Waals surface area (Å²) < 4.78 is 13.3. The van der Waals surface area contributed by atoms with Crippen molar-refractivity contribution < 1.29 is 9.15 Å². The molecule has 0 N–H and O–H groups in total. The summed E-state index contributed by atoms with van der Waals surface area (Å²) in [4.78, 5) is 16.2. The number of nitrogens with zero attached hydrogens (tertiary/aromatic N) is 3. The maximum atomic E-state index is 6.72. The summed E-state index contributed by atoms with van der Waals surface area (Å²) >= 11 is 0. The lowest BCUT2D eigenvalue weighted by molar-refractivity contribution is 0.277. The smallest absolute Gasteiger partial charge is 0.167 e. The molecule has 0 saturated heterocycles. The molecule has 3 heterocycles. The zero-order valence-electron chi connectivity index (χ0n) is 32.4. The summed E-state index contributed by atoms with van der Waals surface area (Å²) in [5.74, 6) is 2.59. The van der Waals surface area contributed by atoms with Crippen molar-refractivity contribution in [2.75, 3.05) is 0 Å². The van der Waals surface area contributed by atoms with Crippen LogP contribution in [0.15, 0.2) is 205 Å². The first-order valence-electron chi connectivity index (χ1n) is 20.3. The summed E-state index contributed by atoms with van der Waals surface area (Å²) in [5.41, 5.74) is 12.0. The lowest BCUT2D eigenvalue weighted by Gasteiger charge is -2.23. The van der Waals surface area contributed by atoms with E-state index < -0.39 is 0 Å². The summed E-state index contributed by atoms with van der Waals surface area (Å²) in [5, 5.41) is 4.22. The summed E-state index contributed by atoms with van der Waals surface area (Å²) in [6.07, 6.45) is 6.12. The highest BCUT2D eigenvalue weighted by Gasteiger charge is 2.38. The van der Waals surface area contributed by atoms with Crippen LogP contribution in [0.25, 0.3) is 94.4 Å². The Labute approximate surface area is 346 Å². The van der Waals surface area contributed by atoms with Crippen molar-refractivity contribution in [2.45, 2.75) is 12.0 Å². The Kier molecular flexibility index (Phi) is 7.91. The molecule has 5 heteroatoms. The number of hydrogen-bond donors (Lipinski definition) is 0. The van der Waals surface area contributed by atoms with E-state index in [0.29, 0.717) is 17.5 Å². The average molecular weight is 770 g/mol. The Morgan fingerprint density at radius 2 is 1.05 bits per heavy atom. The third-order valence-electron chi connectivity index (χ3n) is 12.0. The number of rotatable bonds is 6. The van der Waals surface area contributed by atoms with Crippen LogP contribution in [0.4, 0.5) is 0 Å². The molecular weight excluding hydrogens is 735 g/mol. The SMILES string of the molecule is C1=CC2c3ccccc3OC2C(c2nc(-c3c(-c4ccc(-c5ccccc5)cc4)cc(-c4ccccc4)c4ccccc34)nc(-c3cccc4c3oc3ccccc34)n2)=C1. The number of ether oxygens (including phenoxy) is 1. The van der Waals surface area contributed by atoms with Crippen LogP contribution in [-0.2, 0) is 0 Å². The molecule has 0 radical (unpaired) electrons. The second-order valence-corrected chi connectivity index (χ2v) is 15.4. The lowest BCUT2D eigenvalue weighted by Crippen LogP contribution is -2.23. The Hall–Kier alpha value is -7.89. The molecule has 2 atom stereocenters. The number of furan rings is 1. The van der Waals surface area contributed by atoms with E-state index in [9.17, 15) is 0 Å². The summed E-state index contributed by atoms with van der Waals surface area (Å²) in [6, 6.07) is 63.5. The lowest BCUT2D eigenvalue weighted by atomic mass is 9.86. The molecule has 0 saturated carbocycles. The minimum Gasteiger partial charge on any atom is -0.484 e. The van der Waals surface area contributed by atoms with E-state index >= 15 is 0 Å². The Morgan fingerprint density at radius 1 is 0.433 bits per heavy atom. The first kappa shape index (κ1) is 34.2. The average Bonchev–Trinajstić information content (AvgIpc) is 3.90. The Morgan fingerprint density at radius 3 is 1.88 bits per heavy atom. The van der Waals surface area contributed by atoms with E-state index in [-0.39, 0.29) is 12.0 Å². The van der Waals surface area contributed by atoms with Gasteiger partial charge in [0.05, 0.1) is 5.56 Å². The number of para-hydroxylation sites is 3. The van der Waals surface area contributed by atoms with Crippen molar-refractivity contribution in [1.82, 2.24) is 15.0 Å². The van der Waals surface area contributed by atoms with Crippen LogP contribution in [-0.4, -0.2) is 21.1 Å². The Bertz CT molecular complexity index is 3350. The van der Waals surface area contributed by atoms with Crippen molar-refractivity contribution in [3.05, 3.63) is 212 Å². The molecule has 0 fully saturated rings. The molecule has 8 aromatic carbocycles. The van der Waals surface area contributed by atoms with Crippen molar-refractivity contribution in [3.63, 3.8) is 0 Å². The van der Waals surface area contributed by atoms with Crippen molar-refractivity contribution >= 4 is 38.3 Å². The van der Waals surface area contributed by atoms with Gasteiger partial charge < -0.3 is 9.15 Å². The zero-order valence-corrected chi connectivity index (χ0v) is 32.4. The second kappa shape index (κ2) is 13.9. The van der Waals surface area contributed by atoms with Gasteiger partial charge in [0.1, 0.15) is 23.0 Å². The minimum absolute atomic E-state index is 0.0355. The molecule has 0 amide bonds. The van der Waals surface area contributed by atoms with Gasteiger partial charge in [-0.2, -0.15) is 0 Å². The molecule has 2 aliphatic rings. The topological polar surface area (TPSA) is 61.0 Å². The predicted octanol–water partition coefficient (Wildman–Crippen LogP) is 13.8. The van der Waals surface area contributed by atoms with Gasteiger partial charge >= 0.3 is 0 Å². The molecule has 2 unspecified atom stereocenters. The fourth-order valence-corrected chi connectivity index (χ4v) is 9.11. The largest absolute Gasteiger partial charge is 0.484 e. The molecule has 10 aromatic rings. The summed E-state index contributed by atoms with van der Waals surface area (Å²) in [7, 11) is 0. The van der Waals surface area contributed by atoms with Gasteiger partial charge in [0, 0.05) is 33.4 Å². The molecule has 0 bridgehead atoms. The highest BCUT2D eigenvalue weighted by molar-refractivity contribution is 6.11. The first-order chi connectivity index (χ1) is 29.7. The standard InChI is InChI=1S/C55H35N3O2/c1-3-15-34(16-4-1)35-29-31-37(32-30-35)47-33-46(36-17-5-2-6-18-36)38-19-7-8-22-41(38)50(47)55-57-53(44-25-13-23-42-39-20-9-11-27-48(39)59-51(42)44)56-54(58-55)45-26-14-24-43-40-21-10-12-28-49(40)60-52(43)45/h1-33,42,51H. The molecule has 1 aliphatic carbocycles. The third kappa shape index (κ3) is 5.58. The molecule has 5 nitrogen and oxygen atoms in total. The normalized spacial score (nSPS) is 15.5. The van der Waals surface area contributed by atoms with E-state index in [2.05, 4.69) is 158 Å². The molecule has 0 spiro atoms. The van der Waals surface area contributed by atoms with Gasteiger partial charge in [-0.1, -0.05) is 176 Å². The van der Waals surface area contributed by atoms with E-state index in [0.717, 1.165) is 88.5 Å². The first-order valence-corrected chi connectivity index (χ1v) is 20.3. The highest BCUT2D eigenvalue weighted by Crippen LogP contribution is 2.47. The van der Waals surface area contributed by atoms with Crippen LogP contribution < -0.4 is 4.74 Å². The third-order valence-corrected chi connectivity index (χ3v) is 12.0. The van der Waals surface area contributed by atoms with E-state index in [1.165, 1.54) is 5.56 Å². The second-order valence-electron chi connectivity index (χ2n) is 15.4. The molecule has 2 aromatic heterocycles. The van der Waals surface area contributed by atoms with Crippen molar-refractivity contribution in [1.29, 1.82) is 0 Å². The van der Waals surface area contributed by atoms with Gasteiger partial charge in [0.2, 0.25) is 0 Å². The zero-order chi connectivity index (χ0) is 39.6. The number of hydrogen-bond acceptors (Lipinski definition) is 5. The van der Waals surface area contributed by atoms with Gasteiger partial charge in [0.15, 0.2) is 17.5 Å². The number of benzene rings is 8. The Balaban J connectivity index is 1.13. The van der Waals surface area contributed by atoms with Crippen LogP contribution in [0.3, 0.4) is 0 Å². The molecule has 12 rings (SSSR count). The molecule has 1 aliphatic heterocycles. The number of aromatic nitrogens is 3. The predicted molar refractivity (Wildman–Crippen MR) is 243 cm³/mol. The monoisotopic (exact) mass is 769 g/mol. The minimum atomic E-state index is -0.292. The maximum absolute atomic E-state index is 6.72. The fourth-order valence-electron chi connectivity index (χ4n) is 9.11. The number of fused-ring (bicyclic) bond motifs is 7. The van der Waals surface area contributed by atoms with E-state index in [1.807, 2.05) is 42.5 Å². The summed E-state index contributed by atoms with van der Waals surface area (Å²) in [6.45, 7) is 0. The van der Waals surface area contributed by atoms with Crippen LogP contribution in [0.5, 0.6) is 5.75 Å². The number of allylic oxidation sites excluding steroid dienone is 2. The highest BCUT2D eigenvalue weighted by atomic mass is 16.5. The van der Waals surface area contributed by atoms with Gasteiger partial charge in [-0.3, -0.25) is 0 Å². The van der Waals surface area contributed by atoms with E-state index in [4.69, 9.17) is 24.1 Å². The molecule has 60 heavy (non-hydrogen) atoms. The van der Waals surface area contributed by atoms with E-state index in [1.54, 1.807) is 0 Å². The quantitative estimate of drug-likeness (QED) is 0.169. The fraction of sp³-hybridized carbons (Fsp3) is 0.0364. The van der Waals surface area contributed by atoms with Gasteiger partial charge in [-0.25, -0.2) is 15.0 Å². The van der Waals surface area contributed by atoms with Gasteiger partial charge in [-0.15, -0.1) is 0 Å². The van der Waals surface area contributed by atoms with Gasteiger partial charge in [-0.05, 0) is 68.4 Å². The van der Waals surface area contributed by atoms with Crippen molar-refractivity contribution in [2.24, 2.45) is 0 Å². The maximum Gasteiger partial charge on any atom is 0.167 e. The van der Waals surface area contributed by atoms with Crippen LogP contribution in [0, 0.1) is 0 Å². The molecular formula is C55H35N3O2.